The van der Waals surface area contributed by atoms with Crippen molar-refractivity contribution < 1.29 is 28.4 Å². The van der Waals surface area contributed by atoms with Gasteiger partial charge in [0.25, 0.3) is 5.91 Å². The predicted molar refractivity (Wildman–Crippen MR) is 107 cm³/mol. The fourth-order valence-electron chi connectivity index (χ4n) is 2.99. The third-order valence-electron chi connectivity index (χ3n) is 4.69. The van der Waals surface area contributed by atoms with Crippen LogP contribution in [0.1, 0.15) is 22.8 Å². The summed E-state index contributed by atoms with van der Waals surface area (Å²) in [6.07, 6.45) is -1.09. The van der Waals surface area contributed by atoms with Gasteiger partial charge in [-0.25, -0.2) is 9.18 Å². The molecule has 1 aliphatic heterocycles. The zero-order chi connectivity index (χ0) is 20.8. The van der Waals surface area contributed by atoms with E-state index in [-0.39, 0.29) is 10.7 Å². The van der Waals surface area contributed by atoms with Gasteiger partial charge in [0.1, 0.15) is 25.5 Å². The second-order valence-corrected chi connectivity index (χ2v) is 7.33. The van der Waals surface area contributed by atoms with Crippen LogP contribution >= 0.6 is 11.6 Å². The van der Waals surface area contributed by atoms with Gasteiger partial charge >= 0.3 is 5.97 Å². The lowest BCUT2D eigenvalue weighted by molar-refractivity contribution is -0.921. The Morgan fingerprint density at radius 1 is 1.21 bits per heavy atom. The van der Waals surface area contributed by atoms with Crippen LogP contribution in [-0.2, 0) is 20.8 Å². The molecule has 0 aromatic heterocycles. The molecule has 0 spiro atoms. The van der Waals surface area contributed by atoms with Crippen molar-refractivity contribution in [3.05, 3.63) is 64.4 Å². The van der Waals surface area contributed by atoms with Crippen LogP contribution in [0.15, 0.2) is 42.5 Å². The average Bonchev–Trinajstić information content (AvgIpc) is 2.71. The number of nitrogens with one attached hydrogen (secondary N) is 2. The van der Waals surface area contributed by atoms with E-state index in [9.17, 15) is 14.0 Å². The Morgan fingerprint density at radius 2 is 1.90 bits per heavy atom. The Labute approximate surface area is 173 Å². The standard InChI is InChI=1S/C21H22ClFN2O4/c1-14(20(26)24-19-7-6-17(22)12-18(19)23)29-21(27)16-4-2-15(3-5-16)13-25-8-10-28-11-9-25/h2-7,12,14H,8-11,13H2,1H3,(H,24,26)/p+1/t14-/m1/s1. The highest BCUT2D eigenvalue weighted by molar-refractivity contribution is 6.30. The third-order valence-corrected chi connectivity index (χ3v) is 4.92. The van der Waals surface area contributed by atoms with Gasteiger partial charge in [-0.05, 0) is 37.3 Å². The summed E-state index contributed by atoms with van der Waals surface area (Å²) in [4.78, 5) is 25.9. The molecule has 1 aliphatic rings. The number of hydrogen-bond donors (Lipinski definition) is 2. The number of morpholine rings is 1. The summed E-state index contributed by atoms with van der Waals surface area (Å²) in [5, 5.41) is 2.61. The number of anilines is 1. The van der Waals surface area contributed by atoms with E-state index in [1.807, 2.05) is 12.1 Å². The van der Waals surface area contributed by atoms with Crippen molar-refractivity contribution in [1.82, 2.24) is 0 Å². The molecule has 0 radical (unpaired) electrons. The van der Waals surface area contributed by atoms with E-state index in [2.05, 4.69) is 5.32 Å². The van der Waals surface area contributed by atoms with Crippen LogP contribution in [0.5, 0.6) is 0 Å². The summed E-state index contributed by atoms with van der Waals surface area (Å²) in [5.41, 5.74) is 1.43. The minimum absolute atomic E-state index is 0.0303. The number of carbonyl (C=O) groups excluding carboxylic acids is 2. The predicted octanol–water partition coefficient (Wildman–Crippen LogP) is 2.08. The molecule has 6 nitrogen and oxygen atoms in total. The van der Waals surface area contributed by atoms with Gasteiger partial charge in [0, 0.05) is 10.6 Å². The topological polar surface area (TPSA) is 69.1 Å². The molecule has 1 amide bonds. The smallest absolute Gasteiger partial charge is 0.338 e. The van der Waals surface area contributed by atoms with E-state index in [4.69, 9.17) is 21.1 Å². The molecule has 8 heteroatoms. The van der Waals surface area contributed by atoms with Crippen molar-refractivity contribution in [3.8, 4) is 0 Å². The fraction of sp³-hybridized carbons (Fsp3) is 0.333. The Bertz CT molecular complexity index is 869. The van der Waals surface area contributed by atoms with Gasteiger partial charge < -0.3 is 19.7 Å². The molecule has 2 N–H and O–H groups in total. The highest BCUT2D eigenvalue weighted by atomic mass is 35.5. The van der Waals surface area contributed by atoms with Crippen LogP contribution in [0, 0.1) is 5.82 Å². The van der Waals surface area contributed by atoms with Crippen molar-refractivity contribution >= 4 is 29.2 Å². The molecule has 1 heterocycles. The number of amides is 1. The summed E-state index contributed by atoms with van der Waals surface area (Å²) in [6.45, 7) is 5.75. The SMILES string of the molecule is C[C@@H](OC(=O)c1ccc(C[NH+]2CCOCC2)cc1)C(=O)Nc1ccc(Cl)cc1F. The number of quaternary nitrogens is 1. The van der Waals surface area contributed by atoms with Gasteiger partial charge in [-0.15, -0.1) is 0 Å². The molecule has 154 valence electrons. The first-order chi connectivity index (χ1) is 13.9. The highest BCUT2D eigenvalue weighted by Crippen LogP contribution is 2.19. The van der Waals surface area contributed by atoms with E-state index < -0.39 is 23.8 Å². The van der Waals surface area contributed by atoms with Gasteiger partial charge in [0.2, 0.25) is 0 Å². The number of carbonyl (C=O) groups is 2. The molecule has 1 atom stereocenters. The Morgan fingerprint density at radius 3 is 2.55 bits per heavy atom. The quantitative estimate of drug-likeness (QED) is 0.701. The van der Waals surface area contributed by atoms with Crippen molar-refractivity contribution in [1.29, 1.82) is 0 Å². The zero-order valence-electron chi connectivity index (χ0n) is 16.0. The Kier molecular flexibility index (Phi) is 7.19. The molecule has 29 heavy (non-hydrogen) atoms. The molecule has 2 aromatic rings. The van der Waals surface area contributed by atoms with Gasteiger partial charge in [-0.1, -0.05) is 23.7 Å². The van der Waals surface area contributed by atoms with Crippen molar-refractivity contribution in [2.75, 3.05) is 31.6 Å². The molecular formula is C21H23ClFN2O4+. The van der Waals surface area contributed by atoms with E-state index in [0.717, 1.165) is 44.5 Å². The Balaban J connectivity index is 1.53. The highest BCUT2D eigenvalue weighted by Gasteiger charge is 2.20. The Hall–Kier alpha value is -2.48. The van der Waals surface area contributed by atoms with Crippen LogP contribution in [0.3, 0.4) is 0 Å². The second kappa shape index (κ2) is 9.82. The average molecular weight is 422 g/mol. The lowest BCUT2D eigenvalue weighted by Crippen LogP contribution is -3.12. The number of esters is 1. The van der Waals surface area contributed by atoms with Gasteiger partial charge in [0.05, 0.1) is 24.5 Å². The monoisotopic (exact) mass is 421 g/mol. The van der Waals surface area contributed by atoms with E-state index in [0.29, 0.717) is 5.56 Å². The molecular weight excluding hydrogens is 399 g/mol. The zero-order valence-corrected chi connectivity index (χ0v) is 16.8. The van der Waals surface area contributed by atoms with Crippen molar-refractivity contribution in [2.45, 2.75) is 19.6 Å². The van der Waals surface area contributed by atoms with Crippen molar-refractivity contribution in [3.63, 3.8) is 0 Å². The number of halogens is 2. The normalized spacial score (nSPS) is 15.6. The van der Waals surface area contributed by atoms with E-state index in [1.165, 1.54) is 24.0 Å². The minimum atomic E-state index is -1.09. The van der Waals surface area contributed by atoms with Gasteiger partial charge in [-0.3, -0.25) is 4.79 Å². The second-order valence-electron chi connectivity index (χ2n) is 6.90. The summed E-state index contributed by atoms with van der Waals surface area (Å²) < 4.78 is 24.3. The van der Waals surface area contributed by atoms with Crippen LogP contribution in [0.25, 0.3) is 0 Å². The maximum absolute atomic E-state index is 13.8. The van der Waals surface area contributed by atoms with Crippen LogP contribution in [0.2, 0.25) is 5.02 Å². The number of hydrogen-bond acceptors (Lipinski definition) is 4. The van der Waals surface area contributed by atoms with E-state index in [1.54, 1.807) is 12.1 Å². The lowest BCUT2D eigenvalue weighted by atomic mass is 10.1. The van der Waals surface area contributed by atoms with Gasteiger partial charge in [0.15, 0.2) is 6.10 Å². The number of benzene rings is 2. The minimum Gasteiger partial charge on any atom is -0.449 e. The molecule has 2 aromatic carbocycles. The van der Waals surface area contributed by atoms with Crippen LogP contribution < -0.4 is 10.2 Å². The van der Waals surface area contributed by atoms with Crippen LogP contribution in [0.4, 0.5) is 10.1 Å². The molecule has 0 aliphatic carbocycles. The lowest BCUT2D eigenvalue weighted by Gasteiger charge is -2.23. The van der Waals surface area contributed by atoms with Gasteiger partial charge in [-0.2, -0.15) is 0 Å². The van der Waals surface area contributed by atoms with E-state index >= 15 is 0 Å². The summed E-state index contributed by atoms with van der Waals surface area (Å²) >= 11 is 5.69. The summed E-state index contributed by atoms with van der Waals surface area (Å²) in [7, 11) is 0. The largest absolute Gasteiger partial charge is 0.449 e. The van der Waals surface area contributed by atoms with Crippen molar-refractivity contribution in [2.24, 2.45) is 0 Å². The molecule has 0 saturated carbocycles. The maximum Gasteiger partial charge on any atom is 0.338 e. The molecule has 0 bridgehead atoms. The number of rotatable bonds is 6. The first-order valence-corrected chi connectivity index (χ1v) is 9.77. The molecule has 0 unspecified atom stereocenters. The molecule has 1 fully saturated rings. The first-order valence-electron chi connectivity index (χ1n) is 9.39. The summed E-state index contributed by atoms with van der Waals surface area (Å²) in [6, 6.07) is 11.0. The maximum atomic E-state index is 13.8. The summed E-state index contributed by atoms with van der Waals surface area (Å²) in [5.74, 6) is -1.91. The molecule has 3 rings (SSSR count). The third kappa shape index (κ3) is 6.00. The molecule has 1 saturated heterocycles. The first kappa shape index (κ1) is 21.2. The van der Waals surface area contributed by atoms with Crippen LogP contribution in [-0.4, -0.2) is 44.3 Å². The number of ether oxygens (including phenoxy) is 2. The fourth-order valence-corrected chi connectivity index (χ4v) is 3.15.